The van der Waals surface area contributed by atoms with E-state index in [2.05, 4.69) is 33.2 Å². The minimum absolute atomic E-state index is 0.235. The Morgan fingerprint density at radius 1 is 1.46 bits per heavy atom. The van der Waals surface area contributed by atoms with Crippen LogP contribution in [-0.4, -0.2) is 36.2 Å². The van der Waals surface area contributed by atoms with E-state index in [4.69, 9.17) is 10.2 Å². The van der Waals surface area contributed by atoms with Crippen LogP contribution in [0.15, 0.2) is 16.5 Å². The summed E-state index contributed by atoms with van der Waals surface area (Å²) in [5.74, 6) is 0.473. The van der Waals surface area contributed by atoms with Crippen LogP contribution in [0.25, 0.3) is 11.0 Å². The number of carbonyl (C=O) groups excluding carboxylic acids is 1. The molecule has 7 heteroatoms. The van der Waals surface area contributed by atoms with E-state index in [1.165, 1.54) is 0 Å². The van der Waals surface area contributed by atoms with Gasteiger partial charge in [-0.25, -0.2) is 0 Å². The molecule has 1 aromatic carbocycles. The minimum atomic E-state index is -0.848. The van der Waals surface area contributed by atoms with Crippen molar-refractivity contribution in [1.29, 1.82) is 0 Å². The fraction of sp³-hybridized carbons (Fsp3) is 0.471. The van der Waals surface area contributed by atoms with Crippen molar-refractivity contribution in [3.05, 3.63) is 29.0 Å². The first-order valence-corrected chi connectivity index (χ1v) is 9.55. The zero-order valence-corrected chi connectivity index (χ0v) is 15.8. The Morgan fingerprint density at radius 3 is 2.83 bits per heavy atom. The van der Waals surface area contributed by atoms with Crippen LogP contribution in [0, 0.1) is 6.92 Å². The second-order valence-corrected chi connectivity index (χ2v) is 7.15. The van der Waals surface area contributed by atoms with Crippen molar-refractivity contribution < 1.29 is 14.3 Å². The van der Waals surface area contributed by atoms with E-state index in [1.807, 2.05) is 13.0 Å². The third kappa shape index (κ3) is 3.38. The molecule has 1 fully saturated rings. The first-order chi connectivity index (χ1) is 11.4. The van der Waals surface area contributed by atoms with Crippen LogP contribution in [-0.2, 0) is 4.43 Å². The maximum atomic E-state index is 12.7. The number of hydrogen-bond acceptors (Lipinski definition) is 5. The van der Waals surface area contributed by atoms with Gasteiger partial charge in [0.15, 0.2) is 0 Å². The highest BCUT2D eigenvalue weighted by atomic mass is 127. The molecule has 1 saturated heterocycles. The number of halogens is 1. The molecular formula is C17H22IN3O3. The van der Waals surface area contributed by atoms with Crippen molar-refractivity contribution >= 4 is 45.2 Å². The molecule has 0 aliphatic carbocycles. The van der Waals surface area contributed by atoms with Crippen LogP contribution >= 0.6 is 22.6 Å². The van der Waals surface area contributed by atoms with E-state index < -0.39 is 5.60 Å². The summed E-state index contributed by atoms with van der Waals surface area (Å²) in [6.07, 6.45) is 1.26. The minimum Gasteiger partial charge on any atom is -0.460 e. The molecule has 0 radical (unpaired) electrons. The van der Waals surface area contributed by atoms with Crippen molar-refractivity contribution in [1.82, 2.24) is 10.6 Å². The molecule has 6 nitrogen and oxygen atoms in total. The molecule has 0 atom stereocenters. The Bertz CT molecular complexity index is 766. The SMILES string of the molecule is Cc1cc2c(N)c(CI)cc(C(=O)NCC3(O)CCNCC3)c2o1. The molecule has 1 aliphatic heterocycles. The first-order valence-electron chi connectivity index (χ1n) is 8.02. The molecular weight excluding hydrogens is 421 g/mol. The maximum absolute atomic E-state index is 12.7. The number of rotatable bonds is 4. The van der Waals surface area contributed by atoms with Gasteiger partial charge in [0.25, 0.3) is 5.91 Å². The lowest BCUT2D eigenvalue weighted by molar-refractivity contribution is 0.0113. The maximum Gasteiger partial charge on any atom is 0.255 e. The molecule has 2 aromatic rings. The summed E-state index contributed by atoms with van der Waals surface area (Å²) in [7, 11) is 0. The number of amides is 1. The number of aliphatic hydroxyl groups is 1. The van der Waals surface area contributed by atoms with Crippen molar-refractivity contribution in [2.45, 2.75) is 29.8 Å². The topological polar surface area (TPSA) is 101 Å². The quantitative estimate of drug-likeness (QED) is 0.330. The van der Waals surface area contributed by atoms with Gasteiger partial charge in [-0.1, -0.05) is 22.6 Å². The molecule has 24 heavy (non-hydrogen) atoms. The fourth-order valence-electron chi connectivity index (χ4n) is 3.09. The van der Waals surface area contributed by atoms with E-state index in [-0.39, 0.29) is 12.5 Å². The van der Waals surface area contributed by atoms with Gasteiger partial charge in [0.2, 0.25) is 0 Å². The predicted molar refractivity (Wildman–Crippen MR) is 102 cm³/mol. The molecule has 1 amide bonds. The Hall–Kier alpha value is -1.32. The van der Waals surface area contributed by atoms with Gasteiger partial charge >= 0.3 is 0 Å². The van der Waals surface area contributed by atoms with Gasteiger partial charge in [-0.3, -0.25) is 4.79 Å². The highest BCUT2D eigenvalue weighted by molar-refractivity contribution is 14.1. The number of hydrogen-bond donors (Lipinski definition) is 4. The average Bonchev–Trinajstić information content (AvgIpc) is 2.96. The van der Waals surface area contributed by atoms with E-state index in [0.717, 1.165) is 24.0 Å². The van der Waals surface area contributed by atoms with Crippen LogP contribution in [0.5, 0.6) is 0 Å². The lowest BCUT2D eigenvalue weighted by Crippen LogP contribution is -2.49. The Balaban J connectivity index is 1.87. The zero-order valence-electron chi connectivity index (χ0n) is 13.6. The number of nitrogen functional groups attached to an aromatic ring is 1. The van der Waals surface area contributed by atoms with E-state index in [9.17, 15) is 9.90 Å². The summed E-state index contributed by atoms with van der Waals surface area (Å²) in [6.45, 7) is 3.59. The largest absolute Gasteiger partial charge is 0.460 e. The Morgan fingerprint density at radius 2 is 2.17 bits per heavy atom. The molecule has 0 bridgehead atoms. The number of alkyl halides is 1. The zero-order chi connectivity index (χ0) is 17.3. The fourth-order valence-corrected chi connectivity index (χ4v) is 3.72. The van der Waals surface area contributed by atoms with Gasteiger partial charge in [0.05, 0.1) is 11.2 Å². The third-order valence-corrected chi connectivity index (χ3v) is 5.38. The number of nitrogens with one attached hydrogen (secondary N) is 2. The average molecular weight is 443 g/mol. The summed E-state index contributed by atoms with van der Waals surface area (Å²) in [5, 5.41) is 17.4. The van der Waals surface area contributed by atoms with Gasteiger partial charge in [0, 0.05) is 22.0 Å². The number of benzene rings is 1. The summed E-state index contributed by atoms with van der Waals surface area (Å²) >= 11 is 2.23. The van der Waals surface area contributed by atoms with E-state index >= 15 is 0 Å². The van der Waals surface area contributed by atoms with Crippen molar-refractivity contribution in [3.8, 4) is 0 Å². The third-order valence-electron chi connectivity index (χ3n) is 4.56. The number of aryl methyl sites for hydroxylation is 1. The summed E-state index contributed by atoms with van der Waals surface area (Å²) < 4.78 is 6.41. The molecule has 130 valence electrons. The molecule has 1 aromatic heterocycles. The monoisotopic (exact) mass is 443 g/mol. The number of fused-ring (bicyclic) bond motifs is 1. The molecule has 0 unspecified atom stereocenters. The van der Waals surface area contributed by atoms with Gasteiger partial charge in [-0.05, 0) is 50.6 Å². The summed E-state index contributed by atoms with van der Waals surface area (Å²) in [4.78, 5) is 12.7. The standard InChI is InChI=1S/C17H22IN3O3/c1-10-6-12-14(19)11(8-18)7-13(15(12)24-10)16(22)21-9-17(23)2-4-20-5-3-17/h6-7,20,23H,2-5,8-9,19H2,1H3,(H,21,22). The highest BCUT2D eigenvalue weighted by Crippen LogP contribution is 2.32. The Labute approximate surface area is 154 Å². The van der Waals surface area contributed by atoms with Gasteiger partial charge in [0.1, 0.15) is 11.3 Å². The lowest BCUT2D eigenvalue weighted by atomic mass is 9.92. The molecule has 0 spiro atoms. The summed E-state index contributed by atoms with van der Waals surface area (Å²) in [5.41, 5.74) is 7.88. The van der Waals surface area contributed by atoms with E-state index in [0.29, 0.717) is 39.9 Å². The highest BCUT2D eigenvalue weighted by Gasteiger charge is 2.30. The smallest absolute Gasteiger partial charge is 0.255 e. The van der Waals surface area contributed by atoms with Gasteiger partial charge in [-0.2, -0.15) is 0 Å². The van der Waals surface area contributed by atoms with Crippen LogP contribution in [0.4, 0.5) is 5.69 Å². The van der Waals surface area contributed by atoms with E-state index in [1.54, 1.807) is 6.07 Å². The van der Waals surface area contributed by atoms with Crippen molar-refractivity contribution in [3.63, 3.8) is 0 Å². The predicted octanol–water partition coefficient (Wildman–Crippen LogP) is 2.10. The van der Waals surface area contributed by atoms with Crippen LogP contribution in [0.2, 0.25) is 0 Å². The number of furan rings is 1. The number of anilines is 1. The molecule has 5 N–H and O–H groups in total. The first kappa shape index (κ1) is 17.5. The molecule has 3 rings (SSSR count). The van der Waals surface area contributed by atoms with Crippen molar-refractivity contribution in [2.24, 2.45) is 0 Å². The van der Waals surface area contributed by atoms with Crippen LogP contribution in [0.1, 0.15) is 34.5 Å². The second kappa shape index (κ2) is 6.89. The lowest BCUT2D eigenvalue weighted by Gasteiger charge is -2.32. The van der Waals surface area contributed by atoms with Crippen LogP contribution in [0.3, 0.4) is 0 Å². The number of piperidine rings is 1. The van der Waals surface area contributed by atoms with Gasteiger partial charge < -0.3 is 25.9 Å². The molecule has 1 aliphatic rings. The number of carbonyl (C=O) groups is 1. The second-order valence-electron chi connectivity index (χ2n) is 6.39. The van der Waals surface area contributed by atoms with Gasteiger partial charge in [-0.15, -0.1) is 0 Å². The Kier molecular flexibility index (Phi) is 5.03. The number of nitrogens with two attached hydrogens (primary N) is 1. The normalized spacial score (nSPS) is 17.1. The molecule has 0 saturated carbocycles. The summed E-state index contributed by atoms with van der Waals surface area (Å²) in [6, 6.07) is 3.65. The van der Waals surface area contributed by atoms with Crippen LogP contribution < -0.4 is 16.4 Å². The molecule has 2 heterocycles. The van der Waals surface area contributed by atoms with Crippen molar-refractivity contribution in [2.75, 3.05) is 25.4 Å².